The zero-order valence-electron chi connectivity index (χ0n) is 18.2. The van der Waals surface area contributed by atoms with Crippen LogP contribution in [0.1, 0.15) is 30.3 Å². The average molecular weight is 454 g/mol. The smallest absolute Gasteiger partial charge is 0.253 e. The third kappa shape index (κ3) is 3.96. The van der Waals surface area contributed by atoms with Crippen LogP contribution in [0.4, 0.5) is 0 Å². The lowest BCUT2D eigenvalue weighted by atomic mass is 10.0. The van der Waals surface area contributed by atoms with Crippen molar-refractivity contribution in [3.8, 4) is 11.5 Å². The van der Waals surface area contributed by atoms with Gasteiger partial charge in [0.25, 0.3) is 5.56 Å². The van der Waals surface area contributed by atoms with Crippen LogP contribution < -0.4 is 15.0 Å². The first kappa shape index (κ1) is 20.6. The van der Waals surface area contributed by atoms with Crippen molar-refractivity contribution in [2.75, 3.05) is 46.1 Å². The molecule has 0 radical (unpaired) electrons. The monoisotopic (exact) mass is 454 g/mol. The Hall–Kier alpha value is -3.02. The van der Waals surface area contributed by atoms with E-state index in [0.717, 1.165) is 24.8 Å². The van der Waals surface area contributed by atoms with E-state index < -0.39 is 6.04 Å². The van der Waals surface area contributed by atoms with Gasteiger partial charge >= 0.3 is 0 Å². The lowest BCUT2D eigenvalue weighted by molar-refractivity contribution is 0.0205. The second-order valence-corrected chi connectivity index (χ2v) is 8.54. The Balaban J connectivity index is 1.44. The molecule has 2 atom stereocenters. The molecule has 5 heterocycles. The minimum Gasteiger partial charge on any atom is -0.486 e. The summed E-state index contributed by atoms with van der Waals surface area (Å²) >= 11 is 0. The van der Waals surface area contributed by atoms with Crippen molar-refractivity contribution < 1.29 is 18.9 Å². The minimum absolute atomic E-state index is 0.0798. The summed E-state index contributed by atoms with van der Waals surface area (Å²) in [7, 11) is 0. The highest BCUT2D eigenvalue weighted by molar-refractivity contribution is 5.83. The fourth-order valence-corrected chi connectivity index (χ4v) is 4.82. The van der Waals surface area contributed by atoms with Gasteiger partial charge in [-0.2, -0.15) is 0 Å². The third-order valence-electron chi connectivity index (χ3n) is 6.45. The number of morpholine rings is 1. The molecule has 2 aromatic heterocycles. The Bertz CT molecular complexity index is 1200. The number of hydrogen-bond acceptors (Lipinski definition) is 9. The van der Waals surface area contributed by atoms with Gasteiger partial charge in [0.1, 0.15) is 19.3 Å². The second-order valence-electron chi connectivity index (χ2n) is 8.54. The molecule has 0 spiro atoms. The number of rotatable bonds is 5. The van der Waals surface area contributed by atoms with Gasteiger partial charge in [0.15, 0.2) is 17.3 Å². The normalized spacial score (nSPS) is 22.0. The van der Waals surface area contributed by atoms with E-state index >= 15 is 0 Å². The molecule has 2 saturated heterocycles. The molecule has 0 aliphatic carbocycles. The molecule has 33 heavy (non-hydrogen) atoms. The highest BCUT2D eigenvalue weighted by Crippen LogP contribution is 2.35. The number of fused-ring (bicyclic) bond motifs is 2. The number of pyridine rings is 1. The Morgan fingerprint density at radius 1 is 1.06 bits per heavy atom. The molecular weight excluding hydrogens is 428 g/mol. The molecule has 0 saturated carbocycles. The van der Waals surface area contributed by atoms with E-state index in [0.29, 0.717) is 74.5 Å². The van der Waals surface area contributed by atoms with Crippen LogP contribution in [0, 0.1) is 0 Å². The molecule has 11 nitrogen and oxygen atoms in total. The van der Waals surface area contributed by atoms with E-state index in [-0.39, 0.29) is 11.7 Å². The van der Waals surface area contributed by atoms with Crippen molar-refractivity contribution in [2.24, 2.45) is 0 Å². The van der Waals surface area contributed by atoms with E-state index in [9.17, 15) is 4.79 Å². The van der Waals surface area contributed by atoms with Crippen LogP contribution in [0.5, 0.6) is 11.5 Å². The molecule has 1 aromatic carbocycles. The number of tetrazole rings is 1. The first-order chi connectivity index (χ1) is 16.3. The molecule has 0 bridgehead atoms. The number of aromatic amines is 1. The Kier molecular flexibility index (Phi) is 5.44. The topological polar surface area (TPSA) is 117 Å². The number of benzene rings is 1. The molecule has 3 aromatic rings. The molecular formula is C22H26N6O5. The molecule has 0 amide bonds. The van der Waals surface area contributed by atoms with E-state index in [1.807, 2.05) is 18.2 Å². The number of H-pyrrole nitrogens is 1. The van der Waals surface area contributed by atoms with E-state index in [1.165, 1.54) is 0 Å². The van der Waals surface area contributed by atoms with Gasteiger partial charge in [0.2, 0.25) is 0 Å². The zero-order valence-corrected chi connectivity index (χ0v) is 18.2. The minimum atomic E-state index is -0.411. The number of aromatic nitrogens is 5. The van der Waals surface area contributed by atoms with Crippen molar-refractivity contribution in [1.29, 1.82) is 0 Å². The predicted molar refractivity (Wildman–Crippen MR) is 117 cm³/mol. The van der Waals surface area contributed by atoms with Gasteiger partial charge < -0.3 is 23.9 Å². The van der Waals surface area contributed by atoms with Crippen molar-refractivity contribution in [1.82, 2.24) is 30.1 Å². The summed E-state index contributed by atoms with van der Waals surface area (Å²) in [5.74, 6) is 1.95. The summed E-state index contributed by atoms with van der Waals surface area (Å²) in [6, 6.07) is 5.24. The summed E-state index contributed by atoms with van der Waals surface area (Å²) in [4.78, 5) is 18.6. The van der Waals surface area contributed by atoms with Gasteiger partial charge in [-0.05, 0) is 35.4 Å². The van der Waals surface area contributed by atoms with Crippen LogP contribution in [0.25, 0.3) is 10.9 Å². The Morgan fingerprint density at radius 2 is 1.88 bits per heavy atom. The van der Waals surface area contributed by atoms with Crippen LogP contribution in [-0.2, 0) is 16.0 Å². The Morgan fingerprint density at radius 3 is 2.67 bits per heavy atom. The molecule has 11 heteroatoms. The third-order valence-corrected chi connectivity index (χ3v) is 6.45. The van der Waals surface area contributed by atoms with E-state index in [1.54, 1.807) is 4.68 Å². The number of hydrogen-bond donors (Lipinski definition) is 1. The molecule has 3 aliphatic rings. The average Bonchev–Trinajstić information content (AvgIpc) is 3.52. The Labute approximate surface area is 189 Å². The highest BCUT2D eigenvalue weighted by atomic mass is 16.6. The molecule has 174 valence electrons. The first-order valence-electron chi connectivity index (χ1n) is 11.4. The standard InChI is InChI=1S/C22H26N6O5/c29-22-16(10-14-11-18-19(12-17(14)23-22)33-9-8-32-18)20(27-3-6-30-7-4-27)21-24-25-26-28(21)13-15-2-1-5-31-15/h10-12,15,20H,1-9,13H2,(H,23,29)/t15-,20+/m1/s1. The van der Waals surface area contributed by atoms with Gasteiger partial charge in [0, 0.05) is 36.7 Å². The molecule has 1 N–H and O–H groups in total. The van der Waals surface area contributed by atoms with E-state index in [2.05, 4.69) is 25.4 Å². The van der Waals surface area contributed by atoms with Crippen molar-refractivity contribution in [3.63, 3.8) is 0 Å². The first-order valence-corrected chi connectivity index (χ1v) is 11.4. The fraction of sp³-hybridized carbons (Fsp3) is 0.545. The summed E-state index contributed by atoms with van der Waals surface area (Å²) in [6.07, 6.45) is 2.09. The molecule has 0 unspecified atom stereocenters. The lowest BCUT2D eigenvalue weighted by Gasteiger charge is -2.33. The summed E-state index contributed by atoms with van der Waals surface area (Å²) in [6.45, 7) is 4.85. The number of nitrogens with one attached hydrogen (secondary N) is 1. The second kappa shape index (κ2) is 8.73. The van der Waals surface area contributed by atoms with Crippen molar-refractivity contribution in [3.05, 3.63) is 39.9 Å². The van der Waals surface area contributed by atoms with Crippen molar-refractivity contribution >= 4 is 10.9 Å². The zero-order chi connectivity index (χ0) is 22.2. The van der Waals surface area contributed by atoms with Gasteiger partial charge in [0.05, 0.1) is 31.4 Å². The maximum atomic E-state index is 13.3. The van der Waals surface area contributed by atoms with Crippen LogP contribution in [0.2, 0.25) is 0 Å². The fourth-order valence-electron chi connectivity index (χ4n) is 4.82. The van der Waals surface area contributed by atoms with Crippen LogP contribution in [0.3, 0.4) is 0 Å². The number of ether oxygens (including phenoxy) is 4. The summed E-state index contributed by atoms with van der Waals surface area (Å²) in [5.41, 5.74) is 1.11. The quantitative estimate of drug-likeness (QED) is 0.600. The summed E-state index contributed by atoms with van der Waals surface area (Å²) in [5, 5.41) is 13.4. The predicted octanol–water partition coefficient (Wildman–Crippen LogP) is 0.886. The van der Waals surface area contributed by atoms with E-state index in [4.69, 9.17) is 18.9 Å². The maximum absolute atomic E-state index is 13.3. The van der Waals surface area contributed by atoms with Gasteiger partial charge in [-0.15, -0.1) is 5.10 Å². The molecule has 3 aliphatic heterocycles. The van der Waals surface area contributed by atoms with Gasteiger partial charge in [-0.25, -0.2) is 4.68 Å². The van der Waals surface area contributed by atoms with Crippen LogP contribution in [0.15, 0.2) is 23.0 Å². The largest absolute Gasteiger partial charge is 0.486 e. The summed E-state index contributed by atoms with van der Waals surface area (Å²) < 4.78 is 24.6. The lowest BCUT2D eigenvalue weighted by Crippen LogP contribution is -2.42. The van der Waals surface area contributed by atoms with Crippen LogP contribution in [-0.4, -0.2) is 82.3 Å². The SMILES string of the molecule is O=c1[nH]c2cc3c(cc2cc1[C@@H](c1nnnn1C[C@H]1CCCO1)N1CCOCC1)OCCO3. The maximum Gasteiger partial charge on any atom is 0.253 e. The highest BCUT2D eigenvalue weighted by Gasteiger charge is 2.32. The van der Waals surface area contributed by atoms with Crippen molar-refractivity contribution in [2.45, 2.75) is 31.5 Å². The molecule has 2 fully saturated rings. The number of nitrogens with zero attached hydrogens (tertiary/aromatic N) is 5. The van der Waals surface area contributed by atoms with Gasteiger partial charge in [-0.3, -0.25) is 9.69 Å². The van der Waals surface area contributed by atoms with Crippen LogP contribution >= 0.6 is 0 Å². The molecule has 6 rings (SSSR count). The van der Waals surface area contributed by atoms with Gasteiger partial charge in [-0.1, -0.05) is 0 Å².